The second kappa shape index (κ2) is 9.34. The van der Waals surface area contributed by atoms with E-state index in [9.17, 15) is 14.4 Å². The number of nitrogens with zero attached hydrogens (tertiary/aromatic N) is 3. The van der Waals surface area contributed by atoms with Crippen molar-refractivity contribution in [3.63, 3.8) is 0 Å². The summed E-state index contributed by atoms with van der Waals surface area (Å²) in [7, 11) is 3.06. The van der Waals surface area contributed by atoms with Gasteiger partial charge < -0.3 is 18.7 Å². The van der Waals surface area contributed by atoms with E-state index in [-0.39, 0.29) is 29.6 Å². The highest BCUT2D eigenvalue weighted by Gasteiger charge is 2.36. The van der Waals surface area contributed by atoms with Crippen LogP contribution in [0.3, 0.4) is 0 Å². The molecular formula is C26H19N3O7. The van der Waals surface area contributed by atoms with Crippen molar-refractivity contribution in [1.82, 2.24) is 10.1 Å². The molecule has 0 unspecified atom stereocenters. The Bertz CT molecular complexity index is 1460. The summed E-state index contributed by atoms with van der Waals surface area (Å²) in [5, 5.41) is 3.92. The number of carbonyl (C=O) groups is 3. The average Bonchev–Trinajstić information content (AvgIpc) is 3.49. The zero-order valence-electron chi connectivity index (χ0n) is 19.3. The van der Waals surface area contributed by atoms with Crippen molar-refractivity contribution < 1.29 is 33.1 Å². The Kier molecular flexibility index (Phi) is 5.91. The van der Waals surface area contributed by atoms with Gasteiger partial charge in [-0.05, 0) is 48.5 Å². The molecule has 180 valence electrons. The number of aromatic nitrogens is 2. The first-order valence-corrected chi connectivity index (χ1v) is 10.8. The molecule has 0 bridgehead atoms. The number of esters is 1. The number of carbonyl (C=O) groups excluding carboxylic acids is 3. The first kappa shape index (κ1) is 22.8. The first-order chi connectivity index (χ1) is 17.5. The van der Waals surface area contributed by atoms with Gasteiger partial charge in [-0.3, -0.25) is 9.59 Å². The minimum Gasteiger partial charge on any atom is -0.493 e. The average molecular weight is 485 g/mol. The number of ether oxygens (including phenoxy) is 3. The van der Waals surface area contributed by atoms with Crippen molar-refractivity contribution in [2.45, 2.75) is 6.61 Å². The maximum Gasteiger partial charge on any atom is 0.338 e. The molecule has 4 aromatic rings. The molecule has 5 rings (SSSR count). The SMILES string of the molecule is COc1ccc(-c2noc(COC(=O)c3cccc(N4C(=O)c5ccccc5C4=O)c3)n2)cc1OC. The molecule has 0 aliphatic carbocycles. The van der Waals surface area contributed by atoms with Crippen LogP contribution in [0.2, 0.25) is 0 Å². The van der Waals surface area contributed by atoms with Crippen LogP contribution in [0.25, 0.3) is 11.4 Å². The Balaban J connectivity index is 1.28. The fourth-order valence-corrected chi connectivity index (χ4v) is 3.81. The molecule has 1 aromatic heterocycles. The van der Waals surface area contributed by atoms with Crippen LogP contribution in [0.5, 0.6) is 11.5 Å². The zero-order chi connectivity index (χ0) is 25.2. The molecular weight excluding hydrogens is 466 g/mol. The molecule has 0 N–H and O–H groups in total. The summed E-state index contributed by atoms with van der Waals surface area (Å²) >= 11 is 0. The Labute approximate surface area is 205 Å². The number of imide groups is 1. The first-order valence-electron chi connectivity index (χ1n) is 10.8. The zero-order valence-corrected chi connectivity index (χ0v) is 19.3. The van der Waals surface area contributed by atoms with E-state index in [2.05, 4.69) is 10.1 Å². The maximum atomic E-state index is 12.7. The number of hydrogen-bond donors (Lipinski definition) is 0. The van der Waals surface area contributed by atoms with Crippen molar-refractivity contribution in [3.8, 4) is 22.9 Å². The predicted octanol–water partition coefficient (Wildman–Crippen LogP) is 3.91. The van der Waals surface area contributed by atoms with Gasteiger partial charge in [0.05, 0.1) is 36.6 Å². The van der Waals surface area contributed by atoms with Gasteiger partial charge in [0, 0.05) is 5.56 Å². The van der Waals surface area contributed by atoms with E-state index < -0.39 is 17.8 Å². The molecule has 0 radical (unpaired) electrons. The third-order valence-electron chi connectivity index (χ3n) is 5.57. The summed E-state index contributed by atoms with van der Waals surface area (Å²) in [4.78, 5) is 43.4. The van der Waals surface area contributed by atoms with Crippen LogP contribution >= 0.6 is 0 Å². The molecule has 10 nitrogen and oxygen atoms in total. The van der Waals surface area contributed by atoms with Crippen molar-refractivity contribution in [2.75, 3.05) is 19.1 Å². The molecule has 0 saturated carbocycles. The van der Waals surface area contributed by atoms with Gasteiger partial charge in [0.15, 0.2) is 18.1 Å². The van der Waals surface area contributed by atoms with E-state index in [0.717, 1.165) is 4.90 Å². The van der Waals surface area contributed by atoms with E-state index >= 15 is 0 Å². The van der Waals surface area contributed by atoms with Gasteiger partial charge in [-0.1, -0.05) is 23.4 Å². The van der Waals surface area contributed by atoms with E-state index in [0.29, 0.717) is 28.2 Å². The van der Waals surface area contributed by atoms with Gasteiger partial charge in [-0.15, -0.1) is 0 Å². The highest BCUT2D eigenvalue weighted by atomic mass is 16.6. The third kappa shape index (κ3) is 4.05. The molecule has 0 atom stereocenters. The highest BCUT2D eigenvalue weighted by Crippen LogP contribution is 2.31. The van der Waals surface area contributed by atoms with Gasteiger partial charge in [0.1, 0.15) is 0 Å². The van der Waals surface area contributed by atoms with Gasteiger partial charge in [-0.25, -0.2) is 9.69 Å². The van der Waals surface area contributed by atoms with Crippen LogP contribution < -0.4 is 14.4 Å². The van der Waals surface area contributed by atoms with Gasteiger partial charge in [0.25, 0.3) is 17.7 Å². The lowest BCUT2D eigenvalue weighted by Crippen LogP contribution is -2.29. The second-order valence-electron chi connectivity index (χ2n) is 7.70. The molecule has 36 heavy (non-hydrogen) atoms. The van der Waals surface area contributed by atoms with E-state index in [1.165, 1.54) is 26.4 Å². The molecule has 1 aliphatic rings. The van der Waals surface area contributed by atoms with Crippen LogP contribution in [0.15, 0.2) is 71.3 Å². The van der Waals surface area contributed by atoms with Crippen LogP contribution in [0.4, 0.5) is 5.69 Å². The minimum atomic E-state index is -0.681. The van der Waals surface area contributed by atoms with Crippen molar-refractivity contribution >= 4 is 23.5 Å². The lowest BCUT2D eigenvalue weighted by Gasteiger charge is -2.14. The molecule has 2 amide bonds. The third-order valence-corrected chi connectivity index (χ3v) is 5.57. The quantitative estimate of drug-likeness (QED) is 0.283. The van der Waals surface area contributed by atoms with Crippen LogP contribution in [0.1, 0.15) is 37.0 Å². The minimum absolute atomic E-state index is 0.0876. The molecule has 1 aliphatic heterocycles. The van der Waals surface area contributed by atoms with E-state index in [4.69, 9.17) is 18.7 Å². The lowest BCUT2D eigenvalue weighted by atomic mass is 10.1. The summed E-state index contributed by atoms with van der Waals surface area (Å²) in [5.41, 5.74) is 1.69. The van der Waals surface area contributed by atoms with Gasteiger partial charge >= 0.3 is 5.97 Å². The molecule has 10 heteroatoms. The largest absolute Gasteiger partial charge is 0.493 e. The van der Waals surface area contributed by atoms with E-state index in [1.54, 1.807) is 54.6 Å². The normalized spacial score (nSPS) is 12.4. The summed E-state index contributed by atoms with van der Waals surface area (Å²) in [5.74, 6) is -0.143. The fourth-order valence-electron chi connectivity index (χ4n) is 3.81. The van der Waals surface area contributed by atoms with Crippen molar-refractivity contribution in [2.24, 2.45) is 0 Å². The molecule has 0 fully saturated rings. The topological polar surface area (TPSA) is 121 Å². The number of fused-ring (bicyclic) bond motifs is 1. The monoisotopic (exact) mass is 485 g/mol. The number of rotatable bonds is 7. The Morgan fingerprint density at radius 3 is 2.31 bits per heavy atom. The van der Waals surface area contributed by atoms with Crippen molar-refractivity contribution in [3.05, 3.63) is 89.3 Å². The summed E-state index contributed by atoms with van der Waals surface area (Å²) in [6.07, 6.45) is 0. The lowest BCUT2D eigenvalue weighted by molar-refractivity contribution is 0.0429. The van der Waals surface area contributed by atoms with Gasteiger partial charge in [-0.2, -0.15) is 4.98 Å². The number of benzene rings is 3. The van der Waals surface area contributed by atoms with Crippen LogP contribution in [-0.2, 0) is 11.3 Å². The predicted molar refractivity (Wildman–Crippen MR) is 126 cm³/mol. The summed E-state index contributed by atoms with van der Waals surface area (Å²) in [6.45, 7) is -0.267. The molecule has 2 heterocycles. The summed E-state index contributed by atoms with van der Waals surface area (Å²) in [6, 6.07) is 17.8. The van der Waals surface area contributed by atoms with Crippen LogP contribution in [0, 0.1) is 0 Å². The number of methoxy groups -OCH3 is 2. The summed E-state index contributed by atoms with van der Waals surface area (Å²) < 4.78 is 21.0. The molecule has 3 aromatic carbocycles. The van der Waals surface area contributed by atoms with Gasteiger partial charge in [0.2, 0.25) is 5.82 Å². The standard InChI is InChI=1S/C26H19N3O7/c1-33-20-11-10-15(13-21(20)34-2)23-27-22(36-28-23)14-35-26(32)16-6-5-7-17(12-16)29-24(30)18-8-3-4-9-19(18)25(29)31/h3-13H,14H2,1-2H3. The second-order valence-corrected chi connectivity index (χ2v) is 7.70. The highest BCUT2D eigenvalue weighted by molar-refractivity contribution is 6.34. The smallest absolute Gasteiger partial charge is 0.338 e. The van der Waals surface area contributed by atoms with Crippen LogP contribution in [-0.4, -0.2) is 42.1 Å². The Hall–Kier alpha value is -4.99. The fraction of sp³-hybridized carbons (Fsp3) is 0.115. The number of amides is 2. The maximum absolute atomic E-state index is 12.7. The molecule has 0 spiro atoms. The Morgan fingerprint density at radius 1 is 0.889 bits per heavy atom. The Morgan fingerprint density at radius 2 is 1.61 bits per heavy atom. The van der Waals surface area contributed by atoms with Crippen molar-refractivity contribution in [1.29, 1.82) is 0 Å². The molecule has 0 saturated heterocycles. The number of hydrogen-bond acceptors (Lipinski definition) is 9. The van der Waals surface area contributed by atoms with E-state index in [1.807, 2.05) is 0 Å². The number of anilines is 1.